The van der Waals surface area contributed by atoms with Crippen molar-refractivity contribution >= 4 is 10.9 Å². The van der Waals surface area contributed by atoms with Gasteiger partial charge >= 0.3 is 0 Å². The van der Waals surface area contributed by atoms with Gasteiger partial charge < -0.3 is 5.73 Å². The quantitative estimate of drug-likeness (QED) is 0.758. The molecule has 3 heteroatoms. The molecule has 0 aliphatic heterocycles. The number of benzene rings is 2. The first-order valence-electron chi connectivity index (χ1n) is 6.12. The van der Waals surface area contributed by atoms with E-state index >= 15 is 0 Å². The normalized spacial score (nSPS) is 10.8. The Kier molecular flexibility index (Phi) is 2.97. The van der Waals surface area contributed by atoms with Gasteiger partial charge in [0.15, 0.2) is 0 Å². The Balaban J connectivity index is 2.24. The minimum absolute atomic E-state index is 0.263. The lowest BCUT2D eigenvalue weighted by molar-refractivity contribution is 0.629. The van der Waals surface area contributed by atoms with Crippen molar-refractivity contribution in [2.24, 2.45) is 5.73 Å². The number of aromatic nitrogens is 1. The number of rotatable bonds is 2. The summed E-state index contributed by atoms with van der Waals surface area (Å²) in [5, 5.41) is 1.00. The van der Waals surface area contributed by atoms with Gasteiger partial charge in [0, 0.05) is 29.3 Å². The molecule has 0 saturated carbocycles. The maximum absolute atomic E-state index is 14.2. The Morgan fingerprint density at radius 2 is 1.84 bits per heavy atom. The lowest BCUT2D eigenvalue weighted by Crippen LogP contribution is -1.97. The van der Waals surface area contributed by atoms with Gasteiger partial charge in [-0.2, -0.15) is 0 Å². The lowest BCUT2D eigenvalue weighted by atomic mass is 10.00. The summed E-state index contributed by atoms with van der Waals surface area (Å²) in [5.74, 6) is -0.263. The van der Waals surface area contributed by atoms with Gasteiger partial charge in [0.1, 0.15) is 5.82 Å². The van der Waals surface area contributed by atoms with E-state index in [-0.39, 0.29) is 5.82 Å². The molecular weight excluding hydrogens is 239 g/mol. The third-order valence-electron chi connectivity index (χ3n) is 3.19. The summed E-state index contributed by atoms with van der Waals surface area (Å²) in [4.78, 5) is 4.35. The molecule has 1 aromatic heterocycles. The van der Waals surface area contributed by atoms with E-state index < -0.39 is 0 Å². The van der Waals surface area contributed by atoms with Crippen LogP contribution in [0.3, 0.4) is 0 Å². The van der Waals surface area contributed by atoms with Crippen molar-refractivity contribution < 1.29 is 4.39 Å². The molecule has 0 unspecified atom stereocenters. The summed E-state index contributed by atoms with van der Waals surface area (Å²) in [5.41, 5.74) is 8.48. The number of nitrogens with zero attached hydrogens (tertiary/aromatic N) is 1. The molecule has 94 valence electrons. The maximum Gasteiger partial charge on any atom is 0.131 e. The fraction of sp³-hybridized carbons (Fsp3) is 0.0625. The van der Waals surface area contributed by atoms with Crippen LogP contribution in [-0.4, -0.2) is 4.98 Å². The molecule has 0 amide bonds. The molecule has 0 aliphatic rings. The second kappa shape index (κ2) is 4.78. The van der Waals surface area contributed by atoms with E-state index in [1.54, 1.807) is 12.3 Å². The Hall–Kier alpha value is -2.26. The molecular formula is C16H13FN2. The van der Waals surface area contributed by atoms with Gasteiger partial charge in [0.05, 0.1) is 5.52 Å². The predicted octanol–water partition coefficient (Wildman–Crippen LogP) is 3.50. The number of hydrogen-bond donors (Lipinski definition) is 1. The maximum atomic E-state index is 14.2. The van der Waals surface area contributed by atoms with Crippen molar-refractivity contribution in [2.75, 3.05) is 0 Å². The summed E-state index contributed by atoms with van der Waals surface area (Å²) in [7, 11) is 0. The second-order valence-corrected chi connectivity index (χ2v) is 4.40. The van der Waals surface area contributed by atoms with E-state index in [1.807, 2.05) is 36.4 Å². The van der Waals surface area contributed by atoms with Gasteiger partial charge in [0.25, 0.3) is 0 Å². The number of fused-ring (bicyclic) bond motifs is 1. The monoisotopic (exact) mass is 252 g/mol. The van der Waals surface area contributed by atoms with Crippen LogP contribution < -0.4 is 5.73 Å². The van der Waals surface area contributed by atoms with Gasteiger partial charge in [-0.3, -0.25) is 4.98 Å². The predicted molar refractivity (Wildman–Crippen MR) is 75.0 cm³/mol. The van der Waals surface area contributed by atoms with Crippen LogP contribution in [0.25, 0.3) is 22.0 Å². The highest BCUT2D eigenvalue weighted by molar-refractivity contribution is 5.93. The standard InChI is InChI=1S/C16H13FN2/c17-15-9-11(10-18)6-7-13(15)14-5-1-3-12-4-2-8-19-16(12)14/h1-9H,10,18H2. The van der Waals surface area contributed by atoms with Crippen LogP contribution in [0.2, 0.25) is 0 Å². The van der Waals surface area contributed by atoms with Crippen LogP contribution in [0.15, 0.2) is 54.7 Å². The minimum Gasteiger partial charge on any atom is -0.326 e. The van der Waals surface area contributed by atoms with E-state index in [1.165, 1.54) is 6.07 Å². The van der Waals surface area contributed by atoms with Crippen molar-refractivity contribution in [3.63, 3.8) is 0 Å². The molecule has 1 heterocycles. The Bertz CT molecular complexity index is 732. The zero-order valence-electron chi connectivity index (χ0n) is 10.3. The number of para-hydroxylation sites is 1. The van der Waals surface area contributed by atoms with Crippen molar-refractivity contribution in [1.29, 1.82) is 0 Å². The number of nitrogens with two attached hydrogens (primary N) is 1. The average Bonchev–Trinajstić information content (AvgIpc) is 2.46. The van der Waals surface area contributed by atoms with E-state index in [9.17, 15) is 4.39 Å². The van der Waals surface area contributed by atoms with Crippen molar-refractivity contribution in [3.05, 3.63) is 66.1 Å². The Labute approximate surface area is 110 Å². The molecule has 2 aromatic carbocycles. The lowest BCUT2D eigenvalue weighted by Gasteiger charge is -2.08. The molecule has 2 N–H and O–H groups in total. The molecule has 0 bridgehead atoms. The van der Waals surface area contributed by atoms with Crippen LogP contribution in [0, 0.1) is 5.82 Å². The van der Waals surface area contributed by atoms with E-state index in [0.29, 0.717) is 12.1 Å². The minimum atomic E-state index is -0.263. The van der Waals surface area contributed by atoms with Crippen LogP contribution in [0.4, 0.5) is 4.39 Å². The van der Waals surface area contributed by atoms with Crippen molar-refractivity contribution in [2.45, 2.75) is 6.54 Å². The summed E-state index contributed by atoms with van der Waals surface area (Å²) >= 11 is 0. The molecule has 0 saturated heterocycles. The molecule has 3 aromatic rings. The van der Waals surface area contributed by atoms with Crippen LogP contribution in [-0.2, 0) is 6.54 Å². The first kappa shape index (κ1) is 11.8. The summed E-state index contributed by atoms with van der Waals surface area (Å²) in [6, 6.07) is 14.7. The Morgan fingerprint density at radius 1 is 1.00 bits per heavy atom. The smallest absolute Gasteiger partial charge is 0.131 e. The van der Waals surface area contributed by atoms with E-state index in [2.05, 4.69) is 4.98 Å². The van der Waals surface area contributed by atoms with Gasteiger partial charge in [0.2, 0.25) is 0 Å². The molecule has 0 fully saturated rings. The molecule has 3 rings (SSSR count). The first-order chi connectivity index (χ1) is 9.29. The topological polar surface area (TPSA) is 38.9 Å². The zero-order chi connectivity index (χ0) is 13.2. The van der Waals surface area contributed by atoms with Crippen LogP contribution in [0.1, 0.15) is 5.56 Å². The molecule has 0 radical (unpaired) electrons. The SMILES string of the molecule is NCc1ccc(-c2cccc3cccnc23)c(F)c1. The van der Waals surface area contributed by atoms with Gasteiger partial charge in [-0.05, 0) is 17.7 Å². The van der Waals surface area contributed by atoms with Gasteiger partial charge in [-0.15, -0.1) is 0 Å². The fourth-order valence-electron chi connectivity index (χ4n) is 2.23. The number of hydrogen-bond acceptors (Lipinski definition) is 2. The molecule has 19 heavy (non-hydrogen) atoms. The van der Waals surface area contributed by atoms with Crippen LogP contribution >= 0.6 is 0 Å². The number of halogens is 1. The molecule has 2 nitrogen and oxygen atoms in total. The number of pyridine rings is 1. The van der Waals surface area contributed by atoms with Gasteiger partial charge in [-0.25, -0.2) is 4.39 Å². The van der Waals surface area contributed by atoms with E-state index in [4.69, 9.17) is 5.73 Å². The van der Waals surface area contributed by atoms with Gasteiger partial charge in [-0.1, -0.05) is 36.4 Å². The fourth-order valence-corrected chi connectivity index (χ4v) is 2.23. The molecule has 0 spiro atoms. The van der Waals surface area contributed by atoms with Crippen molar-refractivity contribution in [3.8, 4) is 11.1 Å². The highest BCUT2D eigenvalue weighted by Gasteiger charge is 2.09. The highest BCUT2D eigenvalue weighted by atomic mass is 19.1. The summed E-state index contributed by atoms with van der Waals surface area (Å²) in [6.45, 7) is 0.338. The second-order valence-electron chi connectivity index (χ2n) is 4.40. The summed E-state index contributed by atoms with van der Waals surface area (Å²) < 4.78 is 14.2. The van der Waals surface area contributed by atoms with E-state index in [0.717, 1.165) is 22.0 Å². The van der Waals surface area contributed by atoms with Crippen molar-refractivity contribution in [1.82, 2.24) is 4.98 Å². The zero-order valence-corrected chi connectivity index (χ0v) is 10.3. The Morgan fingerprint density at radius 3 is 2.63 bits per heavy atom. The van der Waals surface area contributed by atoms with Crippen LogP contribution in [0.5, 0.6) is 0 Å². The molecule has 0 aliphatic carbocycles. The highest BCUT2D eigenvalue weighted by Crippen LogP contribution is 2.29. The average molecular weight is 252 g/mol. The molecule has 0 atom stereocenters. The third kappa shape index (κ3) is 2.09. The first-order valence-corrected chi connectivity index (χ1v) is 6.12. The summed E-state index contributed by atoms with van der Waals surface area (Å²) in [6.07, 6.45) is 1.72. The largest absolute Gasteiger partial charge is 0.326 e. The third-order valence-corrected chi connectivity index (χ3v) is 3.19.